The molecule has 0 amide bonds. The third kappa shape index (κ3) is 2.01. The van der Waals surface area contributed by atoms with Gasteiger partial charge in [0.2, 0.25) is 0 Å². The summed E-state index contributed by atoms with van der Waals surface area (Å²) in [5, 5.41) is 4.05. The zero-order valence-corrected chi connectivity index (χ0v) is 12.2. The quantitative estimate of drug-likeness (QED) is 0.803. The monoisotopic (exact) mass is 248 g/mol. The van der Waals surface area contributed by atoms with Crippen molar-refractivity contribution in [3.63, 3.8) is 0 Å². The van der Waals surface area contributed by atoms with Gasteiger partial charge in [-0.3, -0.25) is 4.90 Å². The molecule has 18 heavy (non-hydrogen) atoms. The first-order valence-corrected chi connectivity index (χ1v) is 7.09. The summed E-state index contributed by atoms with van der Waals surface area (Å²) in [6.45, 7) is 12.7. The first-order chi connectivity index (χ1) is 8.70. The molecule has 1 aromatic rings. The number of likely N-dealkylation sites (N-methyl/N-ethyl adjacent to an activating group) is 1. The number of hydrogen-bond acceptors (Lipinski definition) is 3. The highest BCUT2D eigenvalue weighted by atomic mass is 16.5. The lowest BCUT2D eigenvalue weighted by molar-refractivity contribution is 0.297. The van der Waals surface area contributed by atoms with Crippen LogP contribution < -0.4 is 0 Å². The van der Waals surface area contributed by atoms with Crippen molar-refractivity contribution in [3.8, 4) is 0 Å². The maximum absolute atomic E-state index is 5.26. The van der Waals surface area contributed by atoms with Crippen LogP contribution in [0.2, 0.25) is 0 Å². The van der Waals surface area contributed by atoms with Crippen LogP contribution in [0.1, 0.15) is 44.2 Å². The van der Waals surface area contributed by atoms with Crippen molar-refractivity contribution in [3.05, 3.63) is 23.1 Å². The molecule has 0 spiro atoms. The molecule has 0 saturated carbocycles. The summed E-state index contributed by atoms with van der Waals surface area (Å²) < 4.78 is 5.26. The van der Waals surface area contributed by atoms with Crippen molar-refractivity contribution < 1.29 is 4.52 Å². The summed E-state index contributed by atoms with van der Waals surface area (Å²) >= 11 is 0. The van der Waals surface area contributed by atoms with Crippen LogP contribution in [0.5, 0.6) is 0 Å². The molecule has 1 fully saturated rings. The van der Waals surface area contributed by atoms with E-state index in [0.29, 0.717) is 12.0 Å². The van der Waals surface area contributed by atoms with E-state index in [0.717, 1.165) is 18.0 Å². The van der Waals surface area contributed by atoms with E-state index in [2.05, 4.69) is 23.1 Å². The summed E-state index contributed by atoms with van der Waals surface area (Å²) in [7, 11) is 0. The molecule has 2 unspecified atom stereocenters. The zero-order valence-electron chi connectivity index (χ0n) is 12.2. The van der Waals surface area contributed by atoms with Gasteiger partial charge in [0, 0.05) is 18.2 Å². The van der Waals surface area contributed by atoms with Gasteiger partial charge in [0.1, 0.15) is 5.76 Å². The lowest BCUT2D eigenvalue weighted by Gasteiger charge is -2.24. The van der Waals surface area contributed by atoms with Gasteiger partial charge >= 0.3 is 0 Å². The highest BCUT2D eigenvalue weighted by Gasteiger charge is 2.39. The molecule has 3 nitrogen and oxygen atoms in total. The topological polar surface area (TPSA) is 29.3 Å². The summed E-state index contributed by atoms with van der Waals surface area (Å²) in [5.74, 6) is 1.67. The second-order valence-corrected chi connectivity index (χ2v) is 4.91. The molecule has 3 heteroatoms. The van der Waals surface area contributed by atoms with Crippen molar-refractivity contribution in [2.75, 3.05) is 13.1 Å². The molecule has 2 atom stereocenters. The largest absolute Gasteiger partial charge is 0.361 e. The Hall–Kier alpha value is -1.09. The Morgan fingerprint density at radius 1 is 1.39 bits per heavy atom. The maximum Gasteiger partial charge on any atom is 0.141 e. The predicted molar refractivity (Wildman–Crippen MR) is 74.4 cm³/mol. The molecule has 1 saturated heterocycles. The number of fused-ring (bicyclic) bond motifs is 2. The molecule has 2 heterocycles. The van der Waals surface area contributed by atoms with Crippen LogP contribution in [0.4, 0.5) is 0 Å². The molecule has 1 aromatic heterocycles. The van der Waals surface area contributed by atoms with Gasteiger partial charge in [0.15, 0.2) is 0 Å². The van der Waals surface area contributed by atoms with Gasteiger partial charge in [0.05, 0.1) is 5.69 Å². The Morgan fingerprint density at radius 2 is 2.11 bits per heavy atom. The van der Waals surface area contributed by atoms with E-state index < -0.39 is 0 Å². The Labute approximate surface area is 110 Å². The average molecular weight is 248 g/mol. The lowest BCUT2D eigenvalue weighted by Crippen LogP contribution is -2.30. The molecular formula is C15H24N2O. The van der Waals surface area contributed by atoms with Crippen molar-refractivity contribution in [2.24, 2.45) is 5.92 Å². The second kappa shape index (κ2) is 5.27. The van der Waals surface area contributed by atoms with Crippen LogP contribution in [-0.4, -0.2) is 29.2 Å². The Bertz CT molecular complexity index is 428. The van der Waals surface area contributed by atoms with Gasteiger partial charge in [-0.2, -0.15) is 0 Å². The number of aromatic nitrogens is 1. The highest BCUT2D eigenvalue weighted by Crippen LogP contribution is 2.43. The minimum Gasteiger partial charge on any atom is -0.361 e. The number of aryl methyl sites for hydroxylation is 2. The fourth-order valence-corrected chi connectivity index (χ4v) is 3.22. The fourth-order valence-electron chi connectivity index (χ4n) is 3.22. The average Bonchev–Trinajstić information content (AvgIpc) is 3.06. The van der Waals surface area contributed by atoms with E-state index >= 15 is 0 Å². The van der Waals surface area contributed by atoms with E-state index in [-0.39, 0.29) is 0 Å². The molecule has 2 bridgehead atoms. The van der Waals surface area contributed by atoms with Gasteiger partial charge < -0.3 is 4.52 Å². The van der Waals surface area contributed by atoms with Crippen LogP contribution in [0.3, 0.4) is 0 Å². The van der Waals surface area contributed by atoms with Crippen LogP contribution >= 0.6 is 0 Å². The molecule has 0 aromatic carbocycles. The molecule has 1 aliphatic carbocycles. The van der Waals surface area contributed by atoms with Crippen LogP contribution in [-0.2, 0) is 0 Å². The molecule has 1 aliphatic heterocycles. The van der Waals surface area contributed by atoms with Gasteiger partial charge in [-0.1, -0.05) is 32.0 Å². The summed E-state index contributed by atoms with van der Waals surface area (Å²) in [4.78, 5) is 2.55. The van der Waals surface area contributed by atoms with E-state index in [4.69, 9.17) is 4.52 Å². The van der Waals surface area contributed by atoms with Gasteiger partial charge in [-0.25, -0.2) is 0 Å². The van der Waals surface area contributed by atoms with Crippen LogP contribution in [0.15, 0.2) is 10.6 Å². The lowest BCUT2D eigenvalue weighted by atomic mass is 9.94. The normalized spacial score (nSPS) is 25.9. The van der Waals surface area contributed by atoms with Gasteiger partial charge in [-0.15, -0.1) is 0 Å². The first kappa shape index (κ1) is 13.3. The third-order valence-corrected chi connectivity index (χ3v) is 3.99. The number of likely N-dealkylation sites (tertiary alicyclic amines) is 1. The molecule has 0 N–H and O–H groups in total. The van der Waals surface area contributed by atoms with E-state index in [9.17, 15) is 0 Å². The third-order valence-electron chi connectivity index (χ3n) is 3.99. The van der Waals surface area contributed by atoms with Crippen molar-refractivity contribution in [1.29, 1.82) is 0 Å². The number of nitrogens with zero attached hydrogens (tertiary/aromatic N) is 2. The molecular weight excluding hydrogens is 224 g/mol. The number of rotatable bonds is 2. The Balaban J connectivity index is 0.000000574. The minimum absolute atomic E-state index is 0.652. The molecule has 100 valence electrons. The van der Waals surface area contributed by atoms with Crippen molar-refractivity contribution >= 4 is 5.57 Å². The van der Waals surface area contributed by atoms with Crippen LogP contribution in [0.25, 0.3) is 5.57 Å². The maximum atomic E-state index is 5.26. The summed E-state index contributed by atoms with van der Waals surface area (Å²) in [6, 6.07) is 0.652. The molecule has 2 aliphatic rings. The molecule has 3 rings (SSSR count). The highest BCUT2D eigenvalue weighted by molar-refractivity contribution is 5.74. The molecule has 0 radical (unpaired) electrons. The SMILES string of the molecule is CC.CCN1CC2CC1C=C2c1c(C)noc1C. The van der Waals surface area contributed by atoms with Crippen molar-refractivity contribution in [1.82, 2.24) is 10.1 Å². The standard InChI is InChI=1S/C13H18N2O.C2H6/c1-4-15-7-10-5-11(15)6-12(10)13-8(2)14-16-9(13)3;1-2/h6,10-11H,4-5,7H2,1-3H3;1-2H3. The van der Waals surface area contributed by atoms with E-state index in [1.165, 1.54) is 24.1 Å². The Morgan fingerprint density at radius 3 is 2.56 bits per heavy atom. The van der Waals surface area contributed by atoms with Gasteiger partial charge in [0.25, 0.3) is 0 Å². The second-order valence-electron chi connectivity index (χ2n) is 4.91. The smallest absolute Gasteiger partial charge is 0.141 e. The number of hydrogen-bond donors (Lipinski definition) is 0. The predicted octanol–water partition coefficient (Wildman–Crippen LogP) is 3.43. The first-order valence-electron chi connectivity index (χ1n) is 7.09. The zero-order chi connectivity index (χ0) is 13.3. The fraction of sp³-hybridized carbons (Fsp3) is 0.667. The summed E-state index contributed by atoms with van der Waals surface area (Å²) in [5.41, 5.74) is 3.79. The van der Waals surface area contributed by atoms with Crippen LogP contribution in [0, 0.1) is 19.8 Å². The van der Waals surface area contributed by atoms with E-state index in [1.807, 2.05) is 27.7 Å². The summed E-state index contributed by atoms with van der Waals surface area (Å²) in [6.07, 6.45) is 3.71. The van der Waals surface area contributed by atoms with Crippen molar-refractivity contribution in [2.45, 2.75) is 47.1 Å². The minimum atomic E-state index is 0.652. The van der Waals surface area contributed by atoms with Gasteiger partial charge in [-0.05, 0) is 38.3 Å². The van der Waals surface area contributed by atoms with E-state index in [1.54, 1.807) is 0 Å². The Kier molecular flexibility index (Phi) is 3.91.